The van der Waals surface area contributed by atoms with Gasteiger partial charge in [-0.2, -0.15) is 0 Å². The maximum absolute atomic E-state index is 12.7. The summed E-state index contributed by atoms with van der Waals surface area (Å²) in [5.41, 5.74) is 9.64. The van der Waals surface area contributed by atoms with Gasteiger partial charge in [0.05, 0.1) is 5.41 Å². The van der Waals surface area contributed by atoms with E-state index < -0.39 is 5.41 Å². The van der Waals surface area contributed by atoms with Crippen molar-refractivity contribution in [1.82, 2.24) is 5.32 Å². The number of hydrogen-bond acceptors (Lipinski definition) is 2. The second kappa shape index (κ2) is 7.59. The van der Waals surface area contributed by atoms with Crippen LogP contribution >= 0.6 is 12.4 Å². The molecule has 0 aromatic heterocycles. The highest BCUT2D eigenvalue weighted by Crippen LogP contribution is 2.51. The number of hydrogen-bond donors (Lipinski definition) is 2. The second-order valence-corrected chi connectivity index (χ2v) is 7.12. The van der Waals surface area contributed by atoms with Crippen LogP contribution < -0.4 is 11.1 Å². The number of amides is 1. The molecule has 4 heteroatoms. The molecule has 134 valence electrons. The number of benzene rings is 2. The lowest BCUT2D eigenvalue weighted by atomic mass is 9.73. The number of nitrogens with two attached hydrogens (primary N) is 1. The van der Waals surface area contributed by atoms with Crippen LogP contribution in [0.1, 0.15) is 44.7 Å². The molecular formula is C21H27ClN2O. The molecular weight excluding hydrogens is 332 g/mol. The molecule has 2 aromatic rings. The van der Waals surface area contributed by atoms with Crippen molar-refractivity contribution in [3.63, 3.8) is 0 Å². The Balaban J connectivity index is 0.00000225. The van der Waals surface area contributed by atoms with Crippen molar-refractivity contribution in [1.29, 1.82) is 0 Å². The van der Waals surface area contributed by atoms with Crippen molar-refractivity contribution >= 4 is 18.3 Å². The molecule has 0 saturated carbocycles. The zero-order valence-electron chi connectivity index (χ0n) is 15.1. The topological polar surface area (TPSA) is 55.1 Å². The van der Waals surface area contributed by atoms with Crippen LogP contribution in [0.3, 0.4) is 0 Å². The first-order chi connectivity index (χ1) is 11.5. The standard InChI is InChI=1S/C21H26N2O.ClH/c1-14(2)23-15(3)12-13-21(20(22)24)18-10-6-4-8-16(18)17-9-5-7-11-19(17)21;/h4-11,14-15,23H,12-13H2,1-3H3,(H2,22,24);1H. The van der Waals surface area contributed by atoms with E-state index in [0.29, 0.717) is 12.1 Å². The zero-order chi connectivity index (χ0) is 17.3. The van der Waals surface area contributed by atoms with Crippen LogP contribution in [0, 0.1) is 0 Å². The van der Waals surface area contributed by atoms with Crippen LogP contribution in [-0.4, -0.2) is 18.0 Å². The summed E-state index contributed by atoms with van der Waals surface area (Å²) in [6.07, 6.45) is 1.61. The quantitative estimate of drug-likeness (QED) is 0.819. The van der Waals surface area contributed by atoms with E-state index in [1.807, 2.05) is 24.3 Å². The molecule has 0 heterocycles. The first-order valence-corrected chi connectivity index (χ1v) is 8.72. The number of primary amides is 1. The summed E-state index contributed by atoms with van der Waals surface area (Å²) in [7, 11) is 0. The molecule has 0 saturated heterocycles. The number of carbonyl (C=O) groups excluding carboxylic acids is 1. The summed E-state index contributed by atoms with van der Waals surface area (Å²) >= 11 is 0. The molecule has 0 bridgehead atoms. The first kappa shape index (κ1) is 19.5. The molecule has 1 aliphatic rings. The van der Waals surface area contributed by atoms with Crippen molar-refractivity contribution in [2.24, 2.45) is 5.73 Å². The van der Waals surface area contributed by atoms with Gasteiger partial charge in [0.15, 0.2) is 0 Å². The van der Waals surface area contributed by atoms with Crippen molar-refractivity contribution in [2.45, 2.75) is 51.1 Å². The maximum Gasteiger partial charge on any atom is 0.232 e. The molecule has 1 aliphatic carbocycles. The SMILES string of the molecule is CC(C)NC(C)CCC1(C(N)=O)c2ccccc2-c2ccccc21.Cl. The number of rotatable bonds is 6. The van der Waals surface area contributed by atoms with Gasteiger partial charge >= 0.3 is 0 Å². The predicted molar refractivity (Wildman–Crippen MR) is 106 cm³/mol. The fourth-order valence-electron chi connectivity index (χ4n) is 4.07. The van der Waals surface area contributed by atoms with Crippen LogP contribution in [0.25, 0.3) is 11.1 Å². The highest BCUT2D eigenvalue weighted by atomic mass is 35.5. The minimum Gasteiger partial charge on any atom is -0.369 e. The highest BCUT2D eigenvalue weighted by molar-refractivity contribution is 5.99. The van der Waals surface area contributed by atoms with Gasteiger partial charge in [-0.3, -0.25) is 4.79 Å². The molecule has 1 atom stereocenters. The smallest absolute Gasteiger partial charge is 0.232 e. The van der Waals surface area contributed by atoms with E-state index in [0.717, 1.165) is 35.1 Å². The molecule has 0 spiro atoms. The van der Waals surface area contributed by atoms with E-state index >= 15 is 0 Å². The van der Waals surface area contributed by atoms with E-state index in [4.69, 9.17) is 5.73 Å². The lowest BCUT2D eigenvalue weighted by Crippen LogP contribution is -2.42. The average molecular weight is 359 g/mol. The Kier molecular flexibility index (Phi) is 5.91. The molecule has 3 nitrogen and oxygen atoms in total. The third-order valence-electron chi connectivity index (χ3n) is 5.05. The predicted octanol–water partition coefficient (Wildman–Crippen LogP) is 4.03. The van der Waals surface area contributed by atoms with Gasteiger partial charge < -0.3 is 11.1 Å². The Morgan fingerprint density at radius 3 is 1.92 bits per heavy atom. The van der Waals surface area contributed by atoms with E-state index in [1.54, 1.807) is 0 Å². The molecule has 0 radical (unpaired) electrons. The van der Waals surface area contributed by atoms with Gasteiger partial charge in [-0.15, -0.1) is 12.4 Å². The fourth-order valence-corrected chi connectivity index (χ4v) is 4.07. The molecule has 1 amide bonds. The van der Waals surface area contributed by atoms with Crippen molar-refractivity contribution in [2.75, 3.05) is 0 Å². The maximum atomic E-state index is 12.7. The molecule has 2 aromatic carbocycles. The highest BCUT2D eigenvalue weighted by Gasteiger charge is 2.47. The van der Waals surface area contributed by atoms with Gasteiger partial charge in [0.25, 0.3) is 0 Å². The molecule has 3 N–H and O–H groups in total. The lowest BCUT2D eigenvalue weighted by Gasteiger charge is -2.30. The summed E-state index contributed by atoms with van der Waals surface area (Å²) in [5.74, 6) is -0.253. The Bertz CT molecular complexity index is 712. The zero-order valence-corrected chi connectivity index (χ0v) is 15.9. The third-order valence-corrected chi connectivity index (χ3v) is 5.05. The van der Waals surface area contributed by atoms with Crippen LogP contribution in [0.2, 0.25) is 0 Å². The van der Waals surface area contributed by atoms with Gasteiger partial charge in [0, 0.05) is 12.1 Å². The van der Waals surface area contributed by atoms with Gasteiger partial charge in [0.2, 0.25) is 5.91 Å². The van der Waals surface area contributed by atoms with Gasteiger partial charge in [0.1, 0.15) is 0 Å². The van der Waals surface area contributed by atoms with E-state index in [9.17, 15) is 4.79 Å². The summed E-state index contributed by atoms with van der Waals surface area (Å²) in [6, 6.07) is 17.1. The van der Waals surface area contributed by atoms with Crippen molar-refractivity contribution in [3.05, 3.63) is 59.7 Å². The third kappa shape index (κ3) is 3.31. The van der Waals surface area contributed by atoms with Crippen LogP contribution in [-0.2, 0) is 10.2 Å². The van der Waals surface area contributed by atoms with Gasteiger partial charge in [-0.1, -0.05) is 62.4 Å². The van der Waals surface area contributed by atoms with E-state index in [1.165, 1.54) is 0 Å². The second-order valence-electron chi connectivity index (χ2n) is 7.12. The Labute approximate surface area is 156 Å². The molecule has 25 heavy (non-hydrogen) atoms. The van der Waals surface area contributed by atoms with Crippen LogP contribution in [0.5, 0.6) is 0 Å². The summed E-state index contributed by atoms with van der Waals surface area (Å²) in [6.45, 7) is 6.45. The van der Waals surface area contributed by atoms with Crippen LogP contribution in [0.15, 0.2) is 48.5 Å². The van der Waals surface area contributed by atoms with Crippen molar-refractivity contribution in [3.8, 4) is 11.1 Å². The molecule has 3 rings (SSSR count). The Morgan fingerprint density at radius 2 is 1.48 bits per heavy atom. The van der Waals surface area contributed by atoms with Gasteiger partial charge in [-0.05, 0) is 42.0 Å². The molecule has 0 aliphatic heterocycles. The number of fused-ring (bicyclic) bond motifs is 3. The Hall–Kier alpha value is -1.84. The molecule has 0 fully saturated rings. The summed E-state index contributed by atoms with van der Waals surface area (Å²) < 4.78 is 0. The average Bonchev–Trinajstić information content (AvgIpc) is 2.84. The summed E-state index contributed by atoms with van der Waals surface area (Å²) in [4.78, 5) is 12.7. The minimum absolute atomic E-state index is 0. The molecule has 1 unspecified atom stereocenters. The number of nitrogens with one attached hydrogen (secondary N) is 1. The Morgan fingerprint density at radius 1 is 1.00 bits per heavy atom. The number of halogens is 1. The first-order valence-electron chi connectivity index (χ1n) is 8.72. The van der Waals surface area contributed by atoms with Gasteiger partial charge in [-0.25, -0.2) is 0 Å². The van der Waals surface area contributed by atoms with Crippen LogP contribution in [0.4, 0.5) is 0 Å². The number of carbonyl (C=O) groups is 1. The largest absolute Gasteiger partial charge is 0.369 e. The monoisotopic (exact) mass is 358 g/mol. The normalized spacial score (nSPS) is 15.2. The van der Waals surface area contributed by atoms with Crippen molar-refractivity contribution < 1.29 is 4.79 Å². The minimum atomic E-state index is -0.722. The summed E-state index contributed by atoms with van der Waals surface area (Å²) in [5, 5.41) is 3.52. The lowest BCUT2D eigenvalue weighted by molar-refractivity contribution is -0.122. The fraction of sp³-hybridized carbons (Fsp3) is 0.381. The van der Waals surface area contributed by atoms with E-state index in [-0.39, 0.29) is 18.3 Å². The van der Waals surface area contributed by atoms with E-state index in [2.05, 4.69) is 50.4 Å².